The molecule has 0 aromatic carbocycles. The van der Waals surface area contributed by atoms with E-state index in [2.05, 4.69) is 35.9 Å². The largest absolute Gasteiger partial charge is 0.466 e. The van der Waals surface area contributed by atoms with Gasteiger partial charge in [0, 0.05) is 62.8 Å². The van der Waals surface area contributed by atoms with Crippen LogP contribution in [0.2, 0.25) is 0 Å². The molecule has 1 fully saturated rings. The minimum atomic E-state index is -0.192. The second-order valence-electron chi connectivity index (χ2n) is 7.40. The number of ether oxygens (including phenoxy) is 1. The molecule has 158 valence electrons. The number of esters is 1. The summed E-state index contributed by atoms with van der Waals surface area (Å²) in [5.41, 5.74) is 3.13. The molecule has 0 aliphatic carbocycles. The number of rotatable bonds is 7. The molecule has 0 saturated carbocycles. The minimum absolute atomic E-state index is 0.192. The van der Waals surface area contributed by atoms with Crippen molar-refractivity contribution in [2.45, 2.75) is 33.2 Å². The lowest BCUT2D eigenvalue weighted by Gasteiger charge is -2.37. The molecule has 1 aliphatic rings. The van der Waals surface area contributed by atoms with Crippen LogP contribution < -0.4 is 4.90 Å². The van der Waals surface area contributed by atoms with Crippen LogP contribution in [0, 0.1) is 6.92 Å². The summed E-state index contributed by atoms with van der Waals surface area (Å²) in [5, 5.41) is 4.41. The van der Waals surface area contributed by atoms with Gasteiger partial charge in [0.25, 0.3) is 5.78 Å². The van der Waals surface area contributed by atoms with Gasteiger partial charge in [-0.05, 0) is 31.9 Å². The van der Waals surface area contributed by atoms with E-state index in [1.54, 1.807) is 10.7 Å². The first kappa shape index (κ1) is 20.2. The number of carbonyl (C=O) groups is 1. The van der Waals surface area contributed by atoms with E-state index in [4.69, 9.17) is 4.74 Å². The van der Waals surface area contributed by atoms with Gasteiger partial charge in [0.1, 0.15) is 12.1 Å². The van der Waals surface area contributed by atoms with Gasteiger partial charge >= 0.3 is 5.97 Å². The van der Waals surface area contributed by atoms with E-state index < -0.39 is 0 Å². The van der Waals surface area contributed by atoms with Crippen LogP contribution >= 0.6 is 0 Å². The standard InChI is InChI=1S/C21H27N7O2/c1-3-30-19(29)7-6-18-16(2)25-21-23-15-24-28(21)20(18)27-11-9-26(10-12-27)14-17-5-4-8-22-13-17/h4-5,8,13,15H,3,6-7,9-12,14H2,1-2H3. The topological polar surface area (TPSA) is 88.7 Å². The minimum Gasteiger partial charge on any atom is -0.466 e. The first-order valence-corrected chi connectivity index (χ1v) is 10.4. The highest BCUT2D eigenvalue weighted by molar-refractivity contribution is 5.70. The van der Waals surface area contributed by atoms with E-state index in [0.29, 0.717) is 25.2 Å². The number of hydrogen-bond donors (Lipinski definition) is 0. The molecule has 0 radical (unpaired) electrons. The zero-order chi connectivity index (χ0) is 20.9. The maximum Gasteiger partial charge on any atom is 0.306 e. The maximum atomic E-state index is 11.9. The van der Waals surface area contributed by atoms with Gasteiger partial charge in [-0.3, -0.25) is 14.7 Å². The highest BCUT2D eigenvalue weighted by Gasteiger charge is 2.24. The Morgan fingerprint density at radius 1 is 1.23 bits per heavy atom. The number of aromatic nitrogens is 5. The molecule has 9 nitrogen and oxygen atoms in total. The van der Waals surface area contributed by atoms with Gasteiger partial charge in [-0.2, -0.15) is 14.6 Å². The van der Waals surface area contributed by atoms with Crippen LogP contribution in [0.15, 0.2) is 30.9 Å². The number of carbonyl (C=O) groups excluding carboxylic acids is 1. The number of anilines is 1. The third-order valence-electron chi connectivity index (χ3n) is 5.39. The molecule has 0 bridgehead atoms. The van der Waals surface area contributed by atoms with Gasteiger partial charge in [0.15, 0.2) is 0 Å². The lowest BCUT2D eigenvalue weighted by molar-refractivity contribution is -0.143. The molecular weight excluding hydrogens is 382 g/mol. The van der Waals surface area contributed by atoms with E-state index in [9.17, 15) is 4.79 Å². The molecule has 3 aromatic heterocycles. The normalized spacial score (nSPS) is 14.9. The second-order valence-corrected chi connectivity index (χ2v) is 7.40. The Kier molecular flexibility index (Phi) is 6.18. The second kappa shape index (κ2) is 9.17. The summed E-state index contributed by atoms with van der Waals surface area (Å²) in [6.45, 7) is 8.68. The molecule has 1 saturated heterocycles. The molecule has 30 heavy (non-hydrogen) atoms. The molecule has 0 atom stereocenters. The van der Waals surface area contributed by atoms with Gasteiger partial charge < -0.3 is 9.64 Å². The zero-order valence-corrected chi connectivity index (χ0v) is 17.5. The van der Waals surface area contributed by atoms with E-state index in [1.807, 2.05) is 26.1 Å². The Morgan fingerprint density at radius 3 is 2.80 bits per heavy atom. The summed E-state index contributed by atoms with van der Waals surface area (Å²) in [6.07, 6.45) is 6.14. The molecule has 3 aromatic rings. The molecule has 0 unspecified atom stereocenters. The van der Waals surface area contributed by atoms with Crippen LogP contribution in [0.5, 0.6) is 0 Å². The first-order chi connectivity index (χ1) is 14.7. The average molecular weight is 409 g/mol. The predicted molar refractivity (Wildman–Crippen MR) is 112 cm³/mol. The summed E-state index contributed by atoms with van der Waals surface area (Å²) >= 11 is 0. The van der Waals surface area contributed by atoms with Gasteiger partial charge in [-0.15, -0.1) is 0 Å². The third-order valence-corrected chi connectivity index (χ3v) is 5.39. The van der Waals surface area contributed by atoms with Crippen molar-refractivity contribution in [1.82, 2.24) is 29.5 Å². The van der Waals surface area contributed by atoms with Crippen molar-refractivity contribution in [3.05, 3.63) is 47.7 Å². The van der Waals surface area contributed by atoms with E-state index in [1.165, 1.54) is 11.9 Å². The summed E-state index contributed by atoms with van der Waals surface area (Å²) in [5.74, 6) is 1.38. The SMILES string of the molecule is CCOC(=O)CCc1c(C)nc2ncnn2c1N1CCN(Cc2cccnc2)CC1. The van der Waals surface area contributed by atoms with Gasteiger partial charge in [0.05, 0.1) is 6.61 Å². The Hall–Kier alpha value is -3.07. The fourth-order valence-electron chi connectivity index (χ4n) is 3.91. The van der Waals surface area contributed by atoms with Crippen LogP contribution in [0.4, 0.5) is 5.82 Å². The number of piperazine rings is 1. The number of fused-ring (bicyclic) bond motifs is 1. The van der Waals surface area contributed by atoms with Crippen molar-refractivity contribution < 1.29 is 9.53 Å². The molecular formula is C21H27N7O2. The Labute approximate surface area is 175 Å². The van der Waals surface area contributed by atoms with E-state index in [0.717, 1.165) is 49.8 Å². The summed E-state index contributed by atoms with van der Waals surface area (Å²) in [4.78, 5) is 29.8. The fraction of sp³-hybridized carbons (Fsp3) is 0.476. The van der Waals surface area contributed by atoms with E-state index >= 15 is 0 Å². The number of hydrogen-bond acceptors (Lipinski definition) is 8. The lowest BCUT2D eigenvalue weighted by Crippen LogP contribution is -2.47. The van der Waals surface area contributed by atoms with Crippen LogP contribution in [0.25, 0.3) is 5.78 Å². The van der Waals surface area contributed by atoms with Gasteiger partial charge in [-0.25, -0.2) is 4.98 Å². The summed E-state index contributed by atoms with van der Waals surface area (Å²) < 4.78 is 6.91. The zero-order valence-electron chi connectivity index (χ0n) is 17.5. The summed E-state index contributed by atoms with van der Waals surface area (Å²) in [7, 11) is 0. The van der Waals surface area contributed by atoms with Crippen LogP contribution in [-0.2, 0) is 22.5 Å². The summed E-state index contributed by atoms with van der Waals surface area (Å²) in [6, 6.07) is 4.08. The smallest absolute Gasteiger partial charge is 0.306 e. The van der Waals surface area contributed by atoms with Gasteiger partial charge in [0.2, 0.25) is 0 Å². The van der Waals surface area contributed by atoms with Crippen molar-refractivity contribution in [3.8, 4) is 0 Å². The molecule has 9 heteroatoms. The third kappa shape index (κ3) is 4.40. The molecule has 0 amide bonds. The van der Waals surface area contributed by atoms with Crippen molar-refractivity contribution in [1.29, 1.82) is 0 Å². The van der Waals surface area contributed by atoms with Crippen molar-refractivity contribution in [2.75, 3.05) is 37.7 Å². The monoisotopic (exact) mass is 409 g/mol. The van der Waals surface area contributed by atoms with Crippen molar-refractivity contribution in [3.63, 3.8) is 0 Å². The number of nitrogens with zero attached hydrogens (tertiary/aromatic N) is 7. The molecule has 4 heterocycles. The van der Waals surface area contributed by atoms with E-state index in [-0.39, 0.29) is 5.97 Å². The highest BCUT2D eigenvalue weighted by Crippen LogP contribution is 2.26. The first-order valence-electron chi connectivity index (χ1n) is 10.4. The van der Waals surface area contributed by atoms with Crippen LogP contribution in [0.1, 0.15) is 30.2 Å². The quantitative estimate of drug-likeness (QED) is 0.544. The Balaban J connectivity index is 1.53. The predicted octanol–water partition coefficient (Wildman–Crippen LogP) is 1.65. The molecule has 0 N–H and O–H groups in total. The highest BCUT2D eigenvalue weighted by atomic mass is 16.5. The Bertz CT molecular complexity index is 997. The van der Waals surface area contributed by atoms with Crippen molar-refractivity contribution in [2.24, 2.45) is 0 Å². The lowest BCUT2D eigenvalue weighted by atomic mass is 10.1. The van der Waals surface area contributed by atoms with Crippen molar-refractivity contribution >= 4 is 17.6 Å². The molecule has 1 aliphatic heterocycles. The number of pyridine rings is 1. The number of aryl methyl sites for hydroxylation is 1. The molecule has 4 rings (SSSR count). The van der Waals surface area contributed by atoms with Crippen LogP contribution in [0.3, 0.4) is 0 Å². The molecule has 0 spiro atoms. The van der Waals surface area contributed by atoms with Gasteiger partial charge in [-0.1, -0.05) is 6.07 Å². The van der Waals surface area contributed by atoms with Crippen LogP contribution in [-0.4, -0.2) is 68.2 Å². The Morgan fingerprint density at radius 2 is 2.07 bits per heavy atom. The maximum absolute atomic E-state index is 11.9. The average Bonchev–Trinajstić information content (AvgIpc) is 3.21. The fourth-order valence-corrected chi connectivity index (χ4v) is 3.91.